The molecule has 37 heavy (non-hydrogen) atoms. The van der Waals surface area contributed by atoms with Crippen LogP contribution in [0.1, 0.15) is 33.7 Å². The molecule has 0 amide bonds. The highest BCUT2D eigenvalue weighted by Gasteiger charge is 2.20. The Morgan fingerprint density at radius 3 is 2.00 bits per heavy atom. The Morgan fingerprint density at radius 2 is 1.30 bits per heavy atom. The molecule has 0 fully saturated rings. The Balaban J connectivity index is 1.59. The molecule has 1 unspecified atom stereocenters. The van der Waals surface area contributed by atoms with Crippen molar-refractivity contribution in [2.45, 2.75) is 19.8 Å². The van der Waals surface area contributed by atoms with Gasteiger partial charge in [0.05, 0.1) is 11.2 Å². The van der Waals surface area contributed by atoms with E-state index in [0.29, 0.717) is 0 Å². The van der Waals surface area contributed by atoms with Crippen molar-refractivity contribution in [2.75, 3.05) is 0 Å². The summed E-state index contributed by atoms with van der Waals surface area (Å²) in [5, 5.41) is 1.16. The van der Waals surface area contributed by atoms with Crippen LogP contribution in [0.4, 0.5) is 0 Å². The van der Waals surface area contributed by atoms with E-state index in [1.165, 1.54) is 27.8 Å². The van der Waals surface area contributed by atoms with E-state index in [2.05, 4.69) is 109 Å². The molecule has 3 aromatic heterocycles. The Hall–Kier alpha value is -4.63. The third-order valence-electron chi connectivity index (χ3n) is 7.03. The zero-order valence-electron chi connectivity index (χ0n) is 21.0. The van der Waals surface area contributed by atoms with Gasteiger partial charge in [0.2, 0.25) is 0 Å². The van der Waals surface area contributed by atoms with Crippen LogP contribution in [0.5, 0.6) is 0 Å². The number of nitrogens with zero attached hydrogens (tertiary/aromatic N) is 3. The van der Waals surface area contributed by atoms with Gasteiger partial charge in [-0.25, -0.2) is 4.98 Å². The molecule has 0 N–H and O–H groups in total. The lowest BCUT2D eigenvalue weighted by atomic mass is 9.84. The molecule has 178 valence electrons. The summed E-state index contributed by atoms with van der Waals surface area (Å²) >= 11 is 0. The highest BCUT2D eigenvalue weighted by molar-refractivity contribution is 5.95. The molecule has 3 aromatic carbocycles. The van der Waals surface area contributed by atoms with E-state index in [1.54, 1.807) is 6.20 Å². The molecule has 0 aliphatic rings. The van der Waals surface area contributed by atoms with Crippen molar-refractivity contribution in [3.63, 3.8) is 0 Å². The fraction of sp³-hybridized carbons (Fsp3) is 0.0882. The number of aromatic nitrogens is 3. The number of hydrogen-bond acceptors (Lipinski definition) is 3. The molecule has 6 rings (SSSR count). The second-order valence-corrected chi connectivity index (χ2v) is 9.47. The van der Waals surface area contributed by atoms with Crippen molar-refractivity contribution < 1.29 is 0 Å². The van der Waals surface area contributed by atoms with Crippen molar-refractivity contribution in [3.8, 4) is 22.4 Å². The molecule has 0 spiro atoms. The lowest BCUT2D eigenvalue weighted by molar-refractivity contribution is 0.964. The van der Waals surface area contributed by atoms with Crippen LogP contribution in [0.3, 0.4) is 0 Å². The molecule has 0 aliphatic heterocycles. The topological polar surface area (TPSA) is 38.7 Å². The van der Waals surface area contributed by atoms with Crippen LogP contribution >= 0.6 is 0 Å². The van der Waals surface area contributed by atoms with Gasteiger partial charge in [-0.05, 0) is 72.0 Å². The van der Waals surface area contributed by atoms with Gasteiger partial charge < -0.3 is 0 Å². The monoisotopic (exact) mass is 477 g/mol. The van der Waals surface area contributed by atoms with Crippen molar-refractivity contribution >= 4 is 10.9 Å². The molecular formula is C34H27N3. The van der Waals surface area contributed by atoms with Crippen molar-refractivity contribution in [1.82, 2.24) is 15.0 Å². The minimum atomic E-state index is 0.0799. The van der Waals surface area contributed by atoms with Crippen LogP contribution in [-0.4, -0.2) is 15.0 Å². The van der Waals surface area contributed by atoms with E-state index in [0.717, 1.165) is 33.3 Å². The summed E-state index contributed by atoms with van der Waals surface area (Å²) in [7, 11) is 0. The fourth-order valence-corrected chi connectivity index (χ4v) is 5.17. The average Bonchev–Trinajstić information content (AvgIpc) is 2.96. The number of fused-ring (bicyclic) bond motifs is 1. The molecular weight excluding hydrogens is 450 g/mol. The number of rotatable bonds is 5. The lowest BCUT2D eigenvalue weighted by Crippen LogP contribution is -2.05. The van der Waals surface area contributed by atoms with Crippen molar-refractivity contribution in [3.05, 3.63) is 150 Å². The fourth-order valence-electron chi connectivity index (χ4n) is 5.17. The first-order valence-electron chi connectivity index (χ1n) is 12.6. The van der Waals surface area contributed by atoms with E-state index in [9.17, 15) is 0 Å². The molecule has 6 aromatic rings. The largest absolute Gasteiger partial charge is 0.264 e. The number of pyridine rings is 3. The van der Waals surface area contributed by atoms with Gasteiger partial charge in [-0.1, -0.05) is 72.3 Å². The maximum atomic E-state index is 5.19. The lowest BCUT2D eigenvalue weighted by Gasteiger charge is -2.21. The minimum Gasteiger partial charge on any atom is -0.264 e. The second-order valence-electron chi connectivity index (χ2n) is 9.47. The minimum absolute atomic E-state index is 0.0799. The smallest absolute Gasteiger partial charge is 0.0806 e. The molecule has 0 aliphatic carbocycles. The first kappa shape index (κ1) is 22.8. The summed E-state index contributed by atoms with van der Waals surface area (Å²) in [5.74, 6) is 0.0799. The maximum Gasteiger partial charge on any atom is 0.0806 e. The zero-order valence-corrected chi connectivity index (χ0v) is 21.0. The van der Waals surface area contributed by atoms with Gasteiger partial charge >= 0.3 is 0 Å². The summed E-state index contributed by atoms with van der Waals surface area (Å²) in [4.78, 5) is 14.0. The SMILES string of the molecule is Cc1ccc(C(c2cccnc2)c2ccc3nc(-c4cccnc4)c(-c4ccccc4)c(C)c3c2)cc1. The van der Waals surface area contributed by atoms with E-state index < -0.39 is 0 Å². The quantitative estimate of drug-likeness (QED) is 0.251. The highest BCUT2D eigenvalue weighted by atomic mass is 14.7. The van der Waals surface area contributed by atoms with Crippen LogP contribution in [-0.2, 0) is 0 Å². The third kappa shape index (κ3) is 4.41. The van der Waals surface area contributed by atoms with E-state index in [1.807, 2.05) is 30.7 Å². The van der Waals surface area contributed by atoms with Gasteiger partial charge in [-0.3, -0.25) is 9.97 Å². The normalized spacial score (nSPS) is 11.9. The molecule has 0 saturated carbocycles. The van der Waals surface area contributed by atoms with Crippen LogP contribution < -0.4 is 0 Å². The second kappa shape index (κ2) is 9.79. The zero-order chi connectivity index (χ0) is 25.2. The average molecular weight is 478 g/mol. The van der Waals surface area contributed by atoms with Crippen LogP contribution in [0.2, 0.25) is 0 Å². The van der Waals surface area contributed by atoms with Gasteiger partial charge in [-0.2, -0.15) is 0 Å². The number of benzene rings is 3. The summed E-state index contributed by atoms with van der Waals surface area (Å²) in [5.41, 5.74) is 11.4. The summed E-state index contributed by atoms with van der Waals surface area (Å²) in [6, 6.07) is 34.2. The summed E-state index contributed by atoms with van der Waals surface area (Å²) < 4.78 is 0. The summed E-state index contributed by atoms with van der Waals surface area (Å²) in [6.07, 6.45) is 7.50. The Morgan fingerprint density at radius 1 is 0.595 bits per heavy atom. The van der Waals surface area contributed by atoms with Gasteiger partial charge in [0, 0.05) is 47.2 Å². The number of hydrogen-bond donors (Lipinski definition) is 0. The van der Waals surface area contributed by atoms with Gasteiger partial charge in [0.25, 0.3) is 0 Å². The van der Waals surface area contributed by atoms with E-state index in [4.69, 9.17) is 4.98 Å². The van der Waals surface area contributed by atoms with Crippen molar-refractivity contribution in [1.29, 1.82) is 0 Å². The van der Waals surface area contributed by atoms with Crippen LogP contribution in [0.15, 0.2) is 122 Å². The first-order chi connectivity index (χ1) is 18.2. The van der Waals surface area contributed by atoms with Gasteiger partial charge in [0.1, 0.15) is 0 Å². The van der Waals surface area contributed by atoms with Crippen LogP contribution in [0, 0.1) is 13.8 Å². The third-order valence-corrected chi connectivity index (χ3v) is 7.03. The predicted molar refractivity (Wildman–Crippen MR) is 152 cm³/mol. The van der Waals surface area contributed by atoms with E-state index in [-0.39, 0.29) is 5.92 Å². The predicted octanol–water partition coefficient (Wildman–Crippen LogP) is 8.16. The van der Waals surface area contributed by atoms with Gasteiger partial charge in [0.15, 0.2) is 0 Å². The number of aryl methyl sites for hydroxylation is 2. The molecule has 3 heterocycles. The molecule has 0 saturated heterocycles. The first-order valence-corrected chi connectivity index (χ1v) is 12.6. The maximum absolute atomic E-state index is 5.19. The van der Waals surface area contributed by atoms with Gasteiger partial charge in [-0.15, -0.1) is 0 Å². The molecule has 1 atom stereocenters. The molecule has 0 bridgehead atoms. The van der Waals surface area contributed by atoms with Crippen molar-refractivity contribution in [2.24, 2.45) is 0 Å². The molecule has 0 radical (unpaired) electrons. The Kier molecular flexibility index (Phi) is 6.03. The highest BCUT2D eigenvalue weighted by Crippen LogP contribution is 2.39. The van der Waals surface area contributed by atoms with E-state index >= 15 is 0 Å². The molecule has 3 nitrogen and oxygen atoms in total. The Labute approximate surface area is 217 Å². The van der Waals surface area contributed by atoms with Crippen LogP contribution in [0.25, 0.3) is 33.3 Å². The molecule has 3 heteroatoms. The standard InChI is InChI=1S/C34H27N3/c1-23-12-14-26(15-13-23)33(28-10-6-18-35-21-28)27-16-17-31-30(20-27)24(2)32(25-8-4-3-5-9-25)34(37-31)29-11-7-19-36-22-29/h3-22,33H,1-2H3. The Bertz CT molecular complexity index is 1660. The summed E-state index contributed by atoms with van der Waals surface area (Å²) in [6.45, 7) is 4.33.